The van der Waals surface area contributed by atoms with Crippen molar-refractivity contribution in [3.05, 3.63) is 53.8 Å². The number of hydrogen-bond acceptors (Lipinski definition) is 5. The third kappa shape index (κ3) is 6.77. The average Bonchev–Trinajstić information content (AvgIpc) is 2.76. The largest absolute Gasteiger partial charge is 0.444 e. The minimum Gasteiger partial charge on any atom is -0.444 e. The maximum Gasteiger partial charge on any atom is 0.410 e. The SMILES string of the molecule is CC(C)(C)OC(=O)N1CCC(OCc2ccc(-c3ccc(N=CNN)cc3F)cc2)CC1. The van der Waals surface area contributed by atoms with Crippen LogP contribution in [0.5, 0.6) is 0 Å². The molecule has 1 aliphatic rings. The molecular weight excluding hydrogens is 411 g/mol. The Kier molecular flexibility index (Phi) is 7.82. The van der Waals surface area contributed by atoms with Gasteiger partial charge < -0.3 is 19.8 Å². The van der Waals surface area contributed by atoms with Gasteiger partial charge in [0.1, 0.15) is 17.8 Å². The zero-order valence-electron chi connectivity index (χ0n) is 18.8. The van der Waals surface area contributed by atoms with Gasteiger partial charge in [0.05, 0.1) is 18.4 Å². The molecule has 1 saturated heterocycles. The monoisotopic (exact) mass is 442 g/mol. The van der Waals surface area contributed by atoms with E-state index in [-0.39, 0.29) is 18.0 Å². The quantitative estimate of drug-likeness (QED) is 0.297. The smallest absolute Gasteiger partial charge is 0.410 e. The molecule has 2 aromatic rings. The summed E-state index contributed by atoms with van der Waals surface area (Å²) in [7, 11) is 0. The van der Waals surface area contributed by atoms with Crippen molar-refractivity contribution < 1.29 is 18.7 Å². The highest BCUT2D eigenvalue weighted by Gasteiger charge is 2.27. The van der Waals surface area contributed by atoms with E-state index >= 15 is 0 Å². The fourth-order valence-corrected chi connectivity index (χ4v) is 3.46. The summed E-state index contributed by atoms with van der Waals surface area (Å²) in [6.45, 7) is 7.32. The van der Waals surface area contributed by atoms with Gasteiger partial charge in [0, 0.05) is 24.7 Å². The van der Waals surface area contributed by atoms with E-state index in [1.54, 1.807) is 17.0 Å². The fourth-order valence-electron chi connectivity index (χ4n) is 3.46. The molecule has 3 rings (SSSR count). The van der Waals surface area contributed by atoms with Gasteiger partial charge in [-0.25, -0.2) is 20.0 Å². The highest BCUT2D eigenvalue weighted by molar-refractivity contribution is 5.69. The second-order valence-corrected chi connectivity index (χ2v) is 8.76. The van der Waals surface area contributed by atoms with Crippen LogP contribution >= 0.6 is 0 Å². The second kappa shape index (κ2) is 10.6. The molecule has 7 nitrogen and oxygen atoms in total. The number of halogens is 1. The third-order valence-electron chi connectivity index (χ3n) is 5.09. The molecule has 0 aliphatic carbocycles. The zero-order valence-corrected chi connectivity index (χ0v) is 18.8. The lowest BCUT2D eigenvalue weighted by Crippen LogP contribution is -2.43. The molecule has 8 heteroatoms. The molecule has 0 bridgehead atoms. The maximum absolute atomic E-state index is 14.4. The molecular formula is C24H31FN4O3. The Hall–Kier alpha value is -2.97. The van der Waals surface area contributed by atoms with Gasteiger partial charge in [0.2, 0.25) is 0 Å². The Bertz CT molecular complexity index is 933. The number of amides is 1. The molecule has 2 aromatic carbocycles. The van der Waals surface area contributed by atoms with Crippen LogP contribution in [0.1, 0.15) is 39.2 Å². The van der Waals surface area contributed by atoms with E-state index in [0.29, 0.717) is 30.9 Å². The summed E-state index contributed by atoms with van der Waals surface area (Å²) in [6, 6.07) is 12.4. The predicted molar refractivity (Wildman–Crippen MR) is 123 cm³/mol. The van der Waals surface area contributed by atoms with E-state index < -0.39 is 5.60 Å². The van der Waals surface area contributed by atoms with E-state index in [2.05, 4.69) is 10.4 Å². The van der Waals surface area contributed by atoms with Crippen molar-refractivity contribution in [2.75, 3.05) is 13.1 Å². The van der Waals surface area contributed by atoms with Crippen LogP contribution in [0.3, 0.4) is 0 Å². The molecule has 0 spiro atoms. The summed E-state index contributed by atoms with van der Waals surface area (Å²) in [4.78, 5) is 17.9. The molecule has 1 fully saturated rings. The van der Waals surface area contributed by atoms with Gasteiger partial charge in [-0.05, 0) is 56.9 Å². The summed E-state index contributed by atoms with van der Waals surface area (Å²) in [6.07, 6.45) is 2.68. The summed E-state index contributed by atoms with van der Waals surface area (Å²) >= 11 is 0. The highest BCUT2D eigenvalue weighted by Crippen LogP contribution is 2.27. The highest BCUT2D eigenvalue weighted by atomic mass is 19.1. The first kappa shape index (κ1) is 23.7. The Balaban J connectivity index is 1.50. The number of nitrogens with one attached hydrogen (secondary N) is 1. The lowest BCUT2D eigenvalue weighted by Gasteiger charge is -2.33. The van der Waals surface area contributed by atoms with Crippen molar-refractivity contribution in [3.8, 4) is 11.1 Å². The average molecular weight is 443 g/mol. The first-order valence-electron chi connectivity index (χ1n) is 10.7. The van der Waals surface area contributed by atoms with Gasteiger partial charge in [-0.1, -0.05) is 24.3 Å². The van der Waals surface area contributed by atoms with E-state index in [0.717, 1.165) is 24.0 Å². The number of likely N-dealkylation sites (tertiary alicyclic amines) is 1. The number of rotatable bonds is 6. The minimum atomic E-state index is -0.489. The molecule has 32 heavy (non-hydrogen) atoms. The molecule has 172 valence electrons. The fraction of sp³-hybridized carbons (Fsp3) is 0.417. The summed E-state index contributed by atoms with van der Waals surface area (Å²) < 4.78 is 25.9. The Labute approximate surface area is 188 Å². The number of hydrazine groups is 1. The van der Waals surface area contributed by atoms with Gasteiger partial charge in [0.25, 0.3) is 0 Å². The van der Waals surface area contributed by atoms with Crippen LogP contribution in [0.15, 0.2) is 47.5 Å². The van der Waals surface area contributed by atoms with Crippen LogP contribution in [0, 0.1) is 5.82 Å². The predicted octanol–water partition coefficient (Wildman–Crippen LogP) is 4.53. The number of benzene rings is 2. The summed E-state index contributed by atoms with van der Waals surface area (Å²) in [5, 5.41) is 0. The normalized spacial score (nSPS) is 15.2. The molecule has 3 N–H and O–H groups in total. The molecule has 0 unspecified atom stereocenters. The number of nitrogens with two attached hydrogens (primary N) is 1. The van der Waals surface area contributed by atoms with Crippen molar-refractivity contribution in [1.29, 1.82) is 0 Å². The minimum absolute atomic E-state index is 0.0990. The van der Waals surface area contributed by atoms with Crippen molar-refractivity contribution in [2.45, 2.75) is 51.9 Å². The number of carbonyl (C=O) groups excluding carboxylic acids is 1. The number of piperidine rings is 1. The number of ether oxygens (including phenoxy) is 2. The van der Waals surface area contributed by atoms with Crippen molar-refractivity contribution in [2.24, 2.45) is 10.8 Å². The second-order valence-electron chi connectivity index (χ2n) is 8.76. The van der Waals surface area contributed by atoms with E-state index in [1.807, 2.05) is 45.0 Å². The first-order valence-corrected chi connectivity index (χ1v) is 10.7. The maximum atomic E-state index is 14.4. The number of hydrogen-bond donors (Lipinski definition) is 2. The molecule has 0 radical (unpaired) electrons. The first-order chi connectivity index (χ1) is 15.2. The van der Waals surface area contributed by atoms with Gasteiger partial charge in [-0.3, -0.25) is 0 Å². The van der Waals surface area contributed by atoms with Crippen molar-refractivity contribution in [3.63, 3.8) is 0 Å². The van der Waals surface area contributed by atoms with E-state index in [9.17, 15) is 9.18 Å². The number of carbonyl (C=O) groups is 1. The Morgan fingerprint density at radius 2 is 1.91 bits per heavy atom. The zero-order chi connectivity index (χ0) is 23.1. The third-order valence-corrected chi connectivity index (χ3v) is 5.09. The van der Waals surface area contributed by atoms with Gasteiger partial charge in [-0.2, -0.15) is 0 Å². The summed E-state index contributed by atoms with van der Waals surface area (Å²) in [5.74, 6) is 4.79. The Morgan fingerprint density at radius 3 is 2.50 bits per heavy atom. The molecule has 1 heterocycles. The summed E-state index contributed by atoms with van der Waals surface area (Å²) in [5.41, 5.74) is 4.58. The number of aliphatic imine (C=N–C) groups is 1. The van der Waals surface area contributed by atoms with Gasteiger partial charge in [0.15, 0.2) is 0 Å². The van der Waals surface area contributed by atoms with Crippen molar-refractivity contribution >= 4 is 18.1 Å². The standard InChI is InChI=1S/C24H31FN4O3/c1-24(2,3)32-23(30)29-12-10-20(11-13-29)31-15-17-4-6-18(7-5-17)21-9-8-19(14-22(21)25)27-16-28-26/h4-9,14,16,20H,10-13,15,26H2,1-3H3,(H,27,28). The van der Waals surface area contributed by atoms with Gasteiger partial charge in [-0.15, -0.1) is 0 Å². The van der Waals surface area contributed by atoms with E-state index in [1.165, 1.54) is 12.4 Å². The van der Waals surface area contributed by atoms with Crippen LogP contribution in [0.2, 0.25) is 0 Å². The molecule has 1 amide bonds. The van der Waals surface area contributed by atoms with E-state index in [4.69, 9.17) is 15.3 Å². The lowest BCUT2D eigenvalue weighted by molar-refractivity contribution is -0.0170. The van der Waals surface area contributed by atoms with Crippen molar-refractivity contribution in [1.82, 2.24) is 10.3 Å². The number of nitrogens with zero attached hydrogens (tertiary/aromatic N) is 2. The molecule has 0 atom stereocenters. The molecule has 1 aliphatic heterocycles. The Morgan fingerprint density at radius 1 is 1.22 bits per heavy atom. The van der Waals surface area contributed by atoms with Crippen LogP contribution < -0.4 is 11.3 Å². The van der Waals surface area contributed by atoms with Gasteiger partial charge >= 0.3 is 6.09 Å². The van der Waals surface area contributed by atoms with Crippen LogP contribution in [-0.4, -0.2) is 42.1 Å². The van der Waals surface area contributed by atoms with Crippen LogP contribution in [0.4, 0.5) is 14.9 Å². The van der Waals surface area contributed by atoms with Crippen LogP contribution in [0.25, 0.3) is 11.1 Å². The molecule has 0 saturated carbocycles. The lowest BCUT2D eigenvalue weighted by atomic mass is 10.0. The topological polar surface area (TPSA) is 89.2 Å². The van der Waals surface area contributed by atoms with Crippen LogP contribution in [-0.2, 0) is 16.1 Å². The molecule has 0 aromatic heterocycles.